The van der Waals surface area contributed by atoms with Gasteiger partial charge < -0.3 is 20.2 Å². The van der Waals surface area contributed by atoms with E-state index in [1.807, 2.05) is 19.0 Å². The van der Waals surface area contributed by atoms with Crippen molar-refractivity contribution >= 4 is 11.7 Å². The maximum absolute atomic E-state index is 10.4. The molecule has 17 heavy (non-hydrogen) atoms. The second kappa shape index (κ2) is 5.65. The van der Waals surface area contributed by atoms with E-state index in [2.05, 4.69) is 0 Å². The highest BCUT2D eigenvalue weighted by Gasteiger charge is 2.20. The van der Waals surface area contributed by atoms with E-state index in [0.29, 0.717) is 5.56 Å². The van der Waals surface area contributed by atoms with Crippen molar-refractivity contribution in [3.05, 3.63) is 29.8 Å². The highest BCUT2D eigenvalue weighted by Crippen LogP contribution is 2.21. The highest BCUT2D eigenvalue weighted by atomic mass is 16.4. The van der Waals surface area contributed by atoms with Gasteiger partial charge in [-0.15, -0.1) is 0 Å². The zero-order chi connectivity index (χ0) is 13.0. The molecule has 5 nitrogen and oxygen atoms in total. The maximum atomic E-state index is 10.4. The van der Waals surface area contributed by atoms with Crippen molar-refractivity contribution in [3.8, 4) is 0 Å². The average molecular weight is 239 g/mol. The van der Waals surface area contributed by atoms with E-state index >= 15 is 0 Å². The summed E-state index contributed by atoms with van der Waals surface area (Å²) in [4.78, 5) is 12.3. The van der Waals surface area contributed by atoms with Crippen LogP contribution in [0.25, 0.3) is 0 Å². The van der Waals surface area contributed by atoms with E-state index in [-0.39, 0.29) is 0 Å². The summed E-state index contributed by atoms with van der Waals surface area (Å²) in [7, 11) is 3.79. The van der Waals surface area contributed by atoms with E-state index < -0.39 is 24.6 Å². The van der Waals surface area contributed by atoms with Crippen LogP contribution in [0.15, 0.2) is 24.3 Å². The number of aliphatic carboxylic acids is 1. The van der Waals surface area contributed by atoms with E-state index in [4.69, 9.17) is 5.11 Å². The van der Waals surface area contributed by atoms with Crippen LogP contribution in [0, 0.1) is 0 Å². The first-order valence-electron chi connectivity index (χ1n) is 5.27. The van der Waals surface area contributed by atoms with E-state index in [9.17, 15) is 15.0 Å². The second-order valence-electron chi connectivity index (χ2n) is 4.10. The molecule has 0 fully saturated rings. The lowest BCUT2D eigenvalue weighted by atomic mass is 10.0. The molecule has 0 saturated heterocycles. The Morgan fingerprint density at radius 1 is 1.24 bits per heavy atom. The van der Waals surface area contributed by atoms with E-state index in [0.717, 1.165) is 5.69 Å². The van der Waals surface area contributed by atoms with Gasteiger partial charge in [-0.3, -0.25) is 4.79 Å². The molecular formula is C12H17NO4. The first kappa shape index (κ1) is 13.5. The number of nitrogens with zero attached hydrogens (tertiary/aromatic N) is 1. The summed E-state index contributed by atoms with van der Waals surface area (Å²) in [5.74, 6) is -1.14. The molecule has 0 aliphatic carbocycles. The summed E-state index contributed by atoms with van der Waals surface area (Å²) in [6.45, 7) is 0. The third-order valence-corrected chi connectivity index (χ3v) is 2.50. The van der Waals surface area contributed by atoms with Gasteiger partial charge in [0.25, 0.3) is 0 Å². The van der Waals surface area contributed by atoms with Crippen LogP contribution in [0.5, 0.6) is 0 Å². The van der Waals surface area contributed by atoms with Crippen LogP contribution in [-0.4, -0.2) is 41.5 Å². The molecule has 3 N–H and O–H groups in total. The van der Waals surface area contributed by atoms with Gasteiger partial charge >= 0.3 is 5.97 Å². The summed E-state index contributed by atoms with van der Waals surface area (Å²) in [6, 6.07) is 6.94. The van der Waals surface area contributed by atoms with Gasteiger partial charge in [0.2, 0.25) is 0 Å². The Balaban J connectivity index is 2.75. The Morgan fingerprint density at radius 3 is 2.18 bits per heavy atom. The van der Waals surface area contributed by atoms with Crippen molar-refractivity contribution in [1.29, 1.82) is 0 Å². The van der Waals surface area contributed by atoms with Crippen molar-refractivity contribution in [2.45, 2.75) is 18.6 Å². The normalized spacial score (nSPS) is 14.1. The molecule has 5 heteroatoms. The number of carboxylic acid groups (broad SMARTS) is 1. The molecule has 94 valence electrons. The topological polar surface area (TPSA) is 81.0 Å². The first-order valence-corrected chi connectivity index (χ1v) is 5.27. The molecule has 0 aliphatic rings. The van der Waals surface area contributed by atoms with Gasteiger partial charge in [-0.05, 0) is 17.7 Å². The molecule has 1 rings (SSSR count). The monoisotopic (exact) mass is 239 g/mol. The van der Waals surface area contributed by atoms with Crippen molar-refractivity contribution in [2.75, 3.05) is 19.0 Å². The van der Waals surface area contributed by atoms with Crippen molar-refractivity contribution in [2.24, 2.45) is 0 Å². The molecule has 0 amide bonds. The van der Waals surface area contributed by atoms with Crippen LogP contribution in [0.2, 0.25) is 0 Å². The molecule has 0 aliphatic heterocycles. The number of rotatable bonds is 5. The summed E-state index contributed by atoms with van der Waals surface area (Å²) in [5.41, 5.74) is 1.47. The minimum atomic E-state index is -1.29. The van der Waals surface area contributed by atoms with Gasteiger partial charge in [0.15, 0.2) is 0 Å². The summed E-state index contributed by atoms with van der Waals surface area (Å²) in [5, 5.41) is 27.7. The Labute approximate surface area is 99.9 Å². The number of hydrogen-bond donors (Lipinski definition) is 3. The number of aliphatic hydroxyl groups excluding tert-OH is 2. The van der Waals surface area contributed by atoms with Gasteiger partial charge in [0, 0.05) is 19.8 Å². The quantitative estimate of drug-likeness (QED) is 0.702. The molecule has 0 spiro atoms. The standard InChI is InChI=1S/C12H17NO4/c1-13(2)9-5-3-8(4-6-9)12(17)10(14)7-11(15)16/h3-6,10,12,14,17H,7H2,1-2H3,(H,15,16). The maximum Gasteiger partial charge on any atom is 0.306 e. The lowest BCUT2D eigenvalue weighted by Gasteiger charge is -2.18. The van der Waals surface area contributed by atoms with Gasteiger partial charge in [0.05, 0.1) is 12.5 Å². The predicted octanol–water partition coefficient (Wildman–Crippen LogP) is 0.622. The largest absolute Gasteiger partial charge is 0.481 e. The fourth-order valence-electron chi connectivity index (χ4n) is 1.48. The molecule has 2 unspecified atom stereocenters. The molecular weight excluding hydrogens is 222 g/mol. The van der Waals surface area contributed by atoms with Crippen LogP contribution in [0.3, 0.4) is 0 Å². The van der Waals surface area contributed by atoms with Gasteiger partial charge in [-0.25, -0.2) is 0 Å². The lowest BCUT2D eigenvalue weighted by molar-refractivity contribution is -0.141. The van der Waals surface area contributed by atoms with Gasteiger partial charge in [0.1, 0.15) is 6.10 Å². The number of carbonyl (C=O) groups is 1. The SMILES string of the molecule is CN(C)c1ccc(C(O)C(O)CC(=O)O)cc1. The number of hydrogen-bond acceptors (Lipinski definition) is 4. The number of benzene rings is 1. The third kappa shape index (κ3) is 3.72. The molecule has 0 radical (unpaired) electrons. The summed E-state index contributed by atoms with van der Waals surface area (Å²) in [6.07, 6.45) is -2.95. The first-order chi connectivity index (χ1) is 7.91. The van der Waals surface area contributed by atoms with Crippen LogP contribution in [-0.2, 0) is 4.79 Å². The number of carboxylic acids is 1. The highest BCUT2D eigenvalue weighted by molar-refractivity contribution is 5.67. The molecule has 0 aromatic heterocycles. The van der Waals surface area contributed by atoms with Crippen molar-refractivity contribution in [3.63, 3.8) is 0 Å². The smallest absolute Gasteiger partial charge is 0.306 e. The minimum absolute atomic E-state index is 0.476. The zero-order valence-corrected chi connectivity index (χ0v) is 9.87. The minimum Gasteiger partial charge on any atom is -0.481 e. The van der Waals surface area contributed by atoms with Crippen LogP contribution in [0.1, 0.15) is 18.1 Å². The van der Waals surface area contributed by atoms with E-state index in [1.54, 1.807) is 24.3 Å². The predicted molar refractivity (Wildman–Crippen MR) is 64.0 cm³/mol. The molecule has 0 saturated carbocycles. The molecule has 0 bridgehead atoms. The van der Waals surface area contributed by atoms with E-state index in [1.165, 1.54) is 0 Å². The third-order valence-electron chi connectivity index (χ3n) is 2.50. The fraction of sp³-hybridized carbons (Fsp3) is 0.417. The Hall–Kier alpha value is -1.59. The summed E-state index contributed by atoms with van der Waals surface area (Å²) >= 11 is 0. The number of anilines is 1. The molecule has 0 heterocycles. The average Bonchev–Trinajstić information content (AvgIpc) is 2.27. The molecule has 1 aromatic rings. The van der Waals surface area contributed by atoms with Gasteiger partial charge in [-0.2, -0.15) is 0 Å². The van der Waals surface area contributed by atoms with Crippen LogP contribution >= 0.6 is 0 Å². The zero-order valence-electron chi connectivity index (χ0n) is 9.87. The Bertz CT molecular complexity index is 375. The Morgan fingerprint density at radius 2 is 1.76 bits per heavy atom. The fourth-order valence-corrected chi connectivity index (χ4v) is 1.48. The second-order valence-corrected chi connectivity index (χ2v) is 4.10. The number of aliphatic hydroxyl groups is 2. The van der Waals surface area contributed by atoms with Crippen LogP contribution in [0.4, 0.5) is 5.69 Å². The van der Waals surface area contributed by atoms with Crippen molar-refractivity contribution in [1.82, 2.24) is 0 Å². The molecule has 2 atom stereocenters. The lowest BCUT2D eigenvalue weighted by Crippen LogP contribution is -2.21. The van der Waals surface area contributed by atoms with Crippen molar-refractivity contribution < 1.29 is 20.1 Å². The van der Waals surface area contributed by atoms with Gasteiger partial charge in [-0.1, -0.05) is 12.1 Å². The summed E-state index contributed by atoms with van der Waals surface area (Å²) < 4.78 is 0. The van der Waals surface area contributed by atoms with Crippen LogP contribution < -0.4 is 4.90 Å². The Kier molecular flexibility index (Phi) is 4.48. The molecule has 1 aromatic carbocycles.